The molecule has 4 aromatic rings. The van der Waals surface area contributed by atoms with Crippen LogP contribution in [0.1, 0.15) is 24.1 Å². The Kier molecular flexibility index (Phi) is 6.99. The molecule has 6 nitrogen and oxygen atoms in total. The van der Waals surface area contributed by atoms with Crippen LogP contribution in [0.4, 0.5) is 0 Å². The minimum absolute atomic E-state index is 0.0202. The molecule has 0 N–H and O–H groups in total. The number of hydrogen-bond donors (Lipinski definition) is 0. The number of aromatic nitrogens is 4. The van der Waals surface area contributed by atoms with Crippen LogP contribution < -0.4 is 4.87 Å². The minimum Gasteiger partial charge on any atom is -0.361 e. The second-order valence-corrected chi connectivity index (χ2v) is 17.0. The highest BCUT2D eigenvalue weighted by molar-refractivity contribution is 14.1. The predicted octanol–water partition coefficient (Wildman–Crippen LogP) is 5.71. The lowest BCUT2D eigenvalue weighted by Crippen LogP contribution is -2.23. The van der Waals surface area contributed by atoms with Gasteiger partial charge in [0.05, 0.1) is 15.9 Å². The number of thiazole rings is 1. The molecule has 1 aromatic carbocycles. The minimum atomic E-state index is -1.14. The molecule has 0 aliphatic carbocycles. The van der Waals surface area contributed by atoms with E-state index in [2.05, 4.69) is 66.3 Å². The van der Waals surface area contributed by atoms with E-state index >= 15 is 0 Å². The molecule has 0 spiro atoms. The molecule has 168 valence electrons. The van der Waals surface area contributed by atoms with Crippen molar-refractivity contribution in [2.45, 2.75) is 45.3 Å². The number of rotatable bonds is 8. The van der Waals surface area contributed by atoms with E-state index in [9.17, 15) is 4.79 Å². The molecule has 3 heterocycles. The van der Waals surface area contributed by atoms with Crippen LogP contribution in [-0.4, -0.2) is 34.0 Å². The first-order valence-electron chi connectivity index (χ1n) is 10.6. The summed E-state index contributed by atoms with van der Waals surface area (Å²) in [4.78, 5) is 17.0. The van der Waals surface area contributed by atoms with Crippen LogP contribution >= 0.6 is 33.9 Å². The Labute approximate surface area is 206 Å². The van der Waals surface area contributed by atoms with Gasteiger partial charge in [-0.05, 0) is 64.5 Å². The van der Waals surface area contributed by atoms with Crippen LogP contribution in [0.15, 0.2) is 53.6 Å². The second kappa shape index (κ2) is 9.58. The Bertz CT molecular complexity index is 1270. The second-order valence-electron chi connectivity index (χ2n) is 9.11. The van der Waals surface area contributed by atoms with Crippen molar-refractivity contribution < 1.29 is 4.74 Å². The van der Waals surface area contributed by atoms with Gasteiger partial charge in [-0.2, -0.15) is 5.10 Å². The lowest BCUT2D eigenvalue weighted by Gasteiger charge is -2.15. The van der Waals surface area contributed by atoms with Crippen molar-refractivity contribution in [3.05, 3.63) is 73.3 Å². The smallest absolute Gasteiger partial charge is 0.310 e. The molecule has 0 radical (unpaired) electrons. The van der Waals surface area contributed by atoms with Crippen LogP contribution in [0.25, 0.3) is 16.0 Å². The highest BCUT2D eigenvalue weighted by Crippen LogP contribution is 2.28. The highest BCUT2D eigenvalue weighted by atomic mass is 127. The van der Waals surface area contributed by atoms with Crippen molar-refractivity contribution in [1.29, 1.82) is 0 Å². The van der Waals surface area contributed by atoms with Crippen molar-refractivity contribution >= 4 is 52.2 Å². The molecular weight excluding hydrogens is 551 g/mol. The summed E-state index contributed by atoms with van der Waals surface area (Å²) < 4.78 is 11.4. The van der Waals surface area contributed by atoms with Crippen LogP contribution in [0, 0.1) is 3.57 Å². The van der Waals surface area contributed by atoms with Crippen molar-refractivity contribution in [3.63, 3.8) is 0 Å². The van der Waals surface area contributed by atoms with E-state index in [4.69, 9.17) is 9.84 Å². The van der Waals surface area contributed by atoms with Gasteiger partial charge in [0.25, 0.3) is 0 Å². The van der Waals surface area contributed by atoms with E-state index in [1.165, 1.54) is 11.3 Å². The van der Waals surface area contributed by atoms with E-state index < -0.39 is 8.07 Å². The van der Waals surface area contributed by atoms with Gasteiger partial charge in [-0.25, -0.2) is 9.67 Å². The third-order valence-corrected chi connectivity index (χ3v) is 8.69. The standard InChI is InChI=1S/C23H27IN4O2SSi/c1-16(19-9-10-28(26-19)22-8-6-18(24)14-25-22)17-5-7-20-21(13-17)31-23(29)27(20)15-30-11-12-32(2,3)4/h5-10,13-14,16H,11-12,15H2,1-4H3. The maximum atomic E-state index is 12.6. The molecule has 0 bridgehead atoms. The first-order valence-corrected chi connectivity index (χ1v) is 16.2. The molecule has 9 heteroatoms. The number of benzene rings is 1. The summed E-state index contributed by atoms with van der Waals surface area (Å²) in [6.07, 6.45) is 3.77. The van der Waals surface area contributed by atoms with Crippen molar-refractivity contribution in [2.75, 3.05) is 6.61 Å². The fourth-order valence-electron chi connectivity index (χ4n) is 3.38. The van der Waals surface area contributed by atoms with Crippen LogP contribution in [0.5, 0.6) is 0 Å². The zero-order valence-electron chi connectivity index (χ0n) is 18.7. The van der Waals surface area contributed by atoms with E-state index in [0.717, 1.165) is 36.9 Å². The molecule has 1 atom stereocenters. The van der Waals surface area contributed by atoms with E-state index in [1.807, 2.05) is 36.7 Å². The van der Waals surface area contributed by atoms with Crippen LogP contribution in [0.2, 0.25) is 25.7 Å². The van der Waals surface area contributed by atoms with Gasteiger partial charge in [-0.1, -0.05) is 44.0 Å². The zero-order valence-corrected chi connectivity index (χ0v) is 22.7. The van der Waals surface area contributed by atoms with Crippen molar-refractivity contribution in [1.82, 2.24) is 19.3 Å². The number of fused-ring (bicyclic) bond motifs is 1. The molecule has 0 aliphatic rings. The molecular formula is C23H27IN4O2SSi. The maximum absolute atomic E-state index is 12.6. The normalized spacial score (nSPS) is 13.0. The van der Waals surface area contributed by atoms with Crippen LogP contribution in [0.3, 0.4) is 0 Å². The van der Waals surface area contributed by atoms with Crippen molar-refractivity contribution in [2.24, 2.45) is 0 Å². The largest absolute Gasteiger partial charge is 0.361 e. The average molecular weight is 579 g/mol. The Morgan fingerprint density at radius 3 is 2.72 bits per heavy atom. The highest BCUT2D eigenvalue weighted by Gasteiger charge is 2.16. The summed E-state index contributed by atoms with van der Waals surface area (Å²) in [5.74, 6) is 0.895. The van der Waals surface area contributed by atoms with Gasteiger partial charge in [-0.3, -0.25) is 9.36 Å². The summed E-state index contributed by atoms with van der Waals surface area (Å²) >= 11 is 3.51. The fraction of sp³-hybridized carbons (Fsp3) is 0.348. The third kappa shape index (κ3) is 5.38. The fourth-order valence-corrected chi connectivity index (χ4v) is 5.38. The molecule has 0 saturated heterocycles. The van der Waals surface area contributed by atoms with Gasteiger partial charge in [0.15, 0.2) is 5.82 Å². The Morgan fingerprint density at radius 1 is 1.19 bits per heavy atom. The Hall–Kier alpha value is -1.82. The predicted molar refractivity (Wildman–Crippen MR) is 142 cm³/mol. The lowest BCUT2D eigenvalue weighted by molar-refractivity contribution is 0.0888. The Balaban J connectivity index is 1.51. The first kappa shape index (κ1) is 23.3. The molecule has 3 aromatic heterocycles. The van der Waals surface area contributed by atoms with Gasteiger partial charge in [0.2, 0.25) is 0 Å². The molecule has 32 heavy (non-hydrogen) atoms. The zero-order chi connectivity index (χ0) is 22.9. The quantitative estimate of drug-likeness (QED) is 0.153. The molecule has 1 unspecified atom stereocenters. The monoisotopic (exact) mass is 578 g/mol. The molecule has 0 saturated carbocycles. The van der Waals surface area contributed by atoms with Crippen LogP contribution in [-0.2, 0) is 11.5 Å². The number of nitrogens with zero attached hydrogens (tertiary/aromatic N) is 4. The molecule has 4 rings (SSSR count). The third-order valence-electron chi connectivity index (χ3n) is 5.41. The van der Waals surface area contributed by atoms with Gasteiger partial charge in [-0.15, -0.1) is 0 Å². The topological polar surface area (TPSA) is 61.9 Å². The molecule has 0 aliphatic heterocycles. The number of pyridine rings is 1. The summed E-state index contributed by atoms with van der Waals surface area (Å²) in [5.41, 5.74) is 3.02. The Morgan fingerprint density at radius 2 is 2.00 bits per heavy atom. The lowest BCUT2D eigenvalue weighted by atomic mass is 9.98. The van der Waals surface area contributed by atoms with Gasteiger partial charge in [0.1, 0.15) is 6.73 Å². The van der Waals surface area contributed by atoms with E-state index in [-0.39, 0.29) is 10.8 Å². The summed E-state index contributed by atoms with van der Waals surface area (Å²) in [5, 5.41) is 4.73. The maximum Gasteiger partial charge on any atom is 0.310 e. The molecule has 0 fully saturated rings. The van der Waals surface area contributed by atoms with Gasteiger partial charge < -0.3 is 4.74 Å². The summed E-state index contributed by atoms with van der Waals surface area (Å²) in [6.45, 7) is 10.1. The molecule has 0 amide bonds. The SMILES string of the molecule is CC(c1ccc2c(c1)sc(=O)n2COCC[Si](C)(C)C)c1ccn(-c2ccc(I)cn2)n1. The van der Waals surface area contributed by atoms with Crippen molar-refractivity contribution in [3.8, 4) is 5.82 Å². The van der Waals surface area contributed by atoms with Gasteiger partial charge in [0, 0.05) is 36.6 Å². The number of hydrogen-bond acceptors (Lipinski definition) is 5. The van der Waals surface area contributed by atoms with Gasteiger partial charge >= 0.3 is 4.87 Å². The van der Waals surface area contributed by atoms with E-state index in [1.54, 1.807) is 9.25 Å². The number of ether oxygens (including phenoxy) is 1. The average Bonchev–Trinajstić information content (AvgIpc) is 3.35. The summed E-state index contributed by atoms with van der Waals surface area (Å²) in [7, 11) is -1.14. The van der Waals surface area contributed by atoms with E-state index in [0.29, 0.717) is 13.3 Å². The summed E-state index contributed by atoms with van der Waals surface area (Å²) in [6, 6.07) is 13.3. The first-order chi connectivity index (χ1) is 15.2. The number of halogens is 1.